The Morgan fingerprint density at radius 3 is 1.65 bits per heavy atom. The maximum absolute atomic E-state index is 11.1. The number of rotatable bonds is 14. The van der Waals surface area contributed by atoms with Crippen LogP contribution in [0.4, 0.5) is 0 Å². The molecule has 0 bridgehead atoms. The van der Waals surface area contributed by atoms with Gasteiger partial charge in [-0.2, -0.15) is 0 Å². The first-order chi connectivity index (χ1) is 9.68. The fourth-order valence-electron chi connectivity index (χ4n) is 2.33. The highest BCUT2D eigenvalue weighted by atomic mass is 16.3. The summed E-state index contributed by atoms with van der Waals surface area (Å²) in [4.78, 5) is 11.1. The van der Waals surface area contributed by atoms with Gasteiger partial charge in [-0.1, -0.05) is 77.6 Å². The standard InChI is InChI=1S/C17H35NO2/c1-3-4-5-6-7-8-9-10-11-12-13-14-15-18-17(20)16(2)19/h16,19H,3-15H2,1-2H3,(H,18,20)/t16-/m0/s1. The van der Waals surface area contributed by atoms with Crippen LogP contribution in [-0.4, -0.2) is 23.7 Å². The summed E-state index contributed by atoms with van der Waals surface area (Å²) in [6.45, 7) is 4.45. The number of unbranched alkanes of at least 4 members (excludes halogenated alkanes) is 11. The van der Waals surface area contributed by atoms with Gasteiger partial charge in [-0.25, -0.2) is 0 Å². The summed E-state index contributed by atoms with van der Waals surface area (Å²) in [5.74, 6) is -0.256. The van der Waals surface area contributed by atoms with Crippen molar-refractivity contribution in [2.75, 3.05) is 6.54 Å². The number of aliphatic hydroxyl groups excluding tert-OH is 1. The highest BCUT2D eigenvalue weighted by Crippen LogP contribution is 2.11. The van der Waals surface area contributed by atoms with Crippen LogP contribution in [0.5, 0.6) is 0 Å². The third-order valence-electron chi connectivity index (χ3n) is 3.71. The molecule has 0 aliphatic rings. The molecule has 0 aromatic carbocycles. The van der Waals surface area contributed by atoms with E-state index in [1.54, 1.807) is 0 Å². The van der Waals surface area contributed by atoms with Gasteiger partial charge in [-0.3, -0.25) is 4.79 Å². The van der Waals surface area contributed by atoms with E-state index in [1.807, 2.05) is 0 Å². The van der Waals surface area contributed by atoms with E-state index in [9.17, 15) is 4.79 Å². The normalized spacial score (nSPS) is 12.3. The number of aliphatic hydroxyl groups is 1. The number of hydrogen-bond acceptors (Lipinski definition) is 2. The van der Waals surface area contributed by atoms with E-state index in [1.165, 1.54) is 77.6 Å². The molecular formula is C17H35NO2. The lowest BCUT2D eigenvalue weighted by atomic mass is 10.1. The second-order valence-corrected chi connectivity index (χ2v) is 5.86. The van der Waals surface area contributed by atoms with Crippen LogP contribution in [0.3, 0.4) is 0 Å². The van der Waals surface area contributed by atoms with Gasteiger partial charge in [-0.15, -0.1) is 0 Å². The first kappa shape index (κ1) is 19.4. The smallest absolute Gasteiger partial charge is 0.248 e. The van der Waals surface area contributed by atoms with E-state index in [0.717, 1.165) is 6.42 Å². The van der Waals surface area contributed by atoms with Crippen LogP contribution in [0.1, 0.15) is 90.9 Å². The van der Waals surface area contributed by atoms with Gasteiger partial charge in [0.1, 0.15) is 6.10 Å². The van der Waals surface area contributed by atoms with Gasteiger partial charge in [0, 0.05) is 6.54 Å². The molecule has 2 N–H and O–H groups in total. The second kappa shape index (κ2) is 14.8. The highest BCUT2D eigenvalue weighted by molar-refractivity contribution is 5.79. The van der Waals surface area contributed by atoms with Gasteiger partial charge in [0.15, 0.2) is 0 Å². The van der Waals surface area contributed by atoms with Crippen molar-refractivity contribution in [3.63, 3.8) is 0 Å². The zero-order valence-electron chi connectivity index (χ0n) is 13.6. The van der Waals surface area contributed by atoms with E-state index in [-0.39, 0.29) is 5.91 Å². The van der Waals surface area contributed by atoms with E-state index in [0.29, 0.717) is 6.54 Å². The van der Waals surface area contributed by atoms with Crippen LogP contribution in [0.15, 0.2) is 0 Å². The quantitative estimate of drug-likeness (QED) is 0.470. The van der Waals surface area contributed by atoms with E-state index < -0.39 is 6.10 Å². The molecule has 0 radical (unpaired) electrons. The minimum atomic E-state index is -0.882. The largest absolute Gasteiger partial charge is 0.384 e. The number of carbonyl (C=O) groups is 1. The third-order valence-corrected chi connectivity index (χ3v) is 3.71. The molecule has 0 unspecified atom stereocenters. The average Bonchev–Trinajstić information content (AvgIpc) is 2.43. The van der Waals surface area contributed by atoms with Gasteiger partial charge < -0.3 is 10.4 Å². The van der Waals surface area contributed by atoms with E-state index in [4.69, 9.17) is 5.11 Å². The van der Waals surface area contributed by atoms with Crippen molar-refractivity contribution in [2.24, 2.45) is 0 Å². The van der Waals surface area contributed by atoms with Crippen LogP contribution < -0.4 is 5.32 Å². The zero-order valence-corrected chi connectivity index (χ0v) is 13.6. The molecular weight excluding hydrogens is 250 g/mol. The Hall–Kier alpha value is -0.570. The monoisotopic (exact) mass is 285 g/mol. The van der Waals surface area contributed by atoms with Gasteiger partial charge in [-0.05, 0) is 13.3 Å². The summed E-state index contributed by atoms with van der Waals surface area (Å²) < 4.78 is 0. The maximum atomic E-state index is 11.1. The summed E-state index contributed by atoms with van der Waals surface area (Å²) in [5, 5.41) is 11.7. The van der Waals surface area contributed by atoms with Crippen molar-refractivity contribution in [2.45, 2.75) is 97.0 Å². The molecule has 20 heavy (non-hydrogen) atoms. The number of nitrogens with one attached hydrogen (secondary N) is 1. The molecule has 0 spiro atoms. The fraction of sp³-hybridized carbons (Fsp3) is 0.941. The van der Waals surface area contributed by atoms with Crippen LogP contribution in [-0.2, 0) is 4.79 Å². The number of amides is 1. The number of carbonyl (C=O) groups excluding carboxylic acids is 1. The lowest BCUT2D eigenvalue weighted by Crippen LogP contribution is -2.33. The SMILES string of the molecule is CCCCCCCCCCCCCCNC(=O)[C@H](C)O. The first-order valence-electron chi connectivity index (χ1n) is 8.64. The Morgan fingerprint density at radius 1 is 0.850 bits per heavy atom. The predicted octanol–water partition coefficient (Wildman–Crippen LogP) is 4.18. The zero-order chi connectivity index (χ0) is 15.1. The van der Waals surface area contributed by atoms with Crippen molar-refractivity contribution >= 4 is 5.91 Å². The van der Waals surface area contributed by atoms with Crippen LogP contribution in [0.25, 0.3) is 0 Å². The molecule has 1 atom stereocenters. The summed E-state index contributed by atoms with van der Waals surface area (Å²) in [7, 11) is 0. The summed E-state index contributed by atoms with van der Waals surface area (Å²) in [6.07, 6.45) is 15.0. The Balaban J connectivity index is 3.04. The summed E-state index contributed by atoms with van der Waals surface area (Å²) >= 11 is 0. The van der Waals surface area contributed by atoms with Crippen LogP contribution in [0.2, 0.25) is 0 Å². The number of hydrogen-bond donors (Lipinski definition) is 2. The molecule has 0 saturated heterocycles. The molecule has 0 aliphatic heterocycles. The summed E-state index contributed by atoms with van der Waals surface area (Å²) in [5.41, 5.74) is 0. The van der Waals surface area contributed by atoms with E-state index >= 15 is 0 Å². The molecule has 0 fully saturated rings. The van der Waals surface area contributed by atoms with Gasteiger partial charge in [0.05, 0.1) is 0 Å². The van der Waals surface area contributed by atoms with Crippen molar-refractivity contribution in [3.8, 4) is 0 Å². The lowest BCUT2D eigenvalue weighted by Gasteiger charge is -2.06. The van der Waals surface area contributed by atoms with Crippen molar-refractivity contribution < 1.29 is 9.90 Å². The first-order valence-corrected chi connectivity index (χ1v) is 8.64. The predicted molar refractivity (Wildman–Crippen MR) is 85.8 cm³/mol. The molecule has 3 heteroatoms. The molecule has 0 aliphatic carbocycles. The van der Waals surface area contributed by atoms with Crippen molar-refractivity contribution in [1.29, 1.82) is 0 Å². The average molecular weight is 285 g/mol. The fourth-order valence-corrected chi connectivity index (χ4v) is 2.33. The summed E-state index contributed by atoms with van der Waals surface area (Å²) in [6, 6.07) is 0. The van der Waals surface area contributed by atoms with Gasteiger partial charge >= 0.3 is 0 Å². The second-order valence-electron chi connectivity index (χ2n) is 5.86. The minimum absolute atomic E-state index is 0.256. The third kappa shape index (κ3) is 13.9. The molecule has 0 rings (SSSR count). The molecule has 1 amide bonds. The molecule has 0 heterocycles. The van der Waals surface area contributed by atoms with Crippen LogP contribution >= 0.6 is 0 Å². The van der Waals surface area contributed by atoms with Gasteiger partial charge in [0.25, 0.3) is 0 Å². The Kier molecular flexibility index (Phi) is 14.4. The topological polar surface area (TPSA) is 49.3 Å². The Labute approximate surface area is 125 Å². The molecule has 0 aromatic rings. The molecule has 0 saturated carbocycles. The molecule has 0 aromatic heterocycles. The van der Waals surface area contributed by atoms with Crippen molar-refractivity contribution in [3.05, 3.63) is 0 Å². The minimum Gasteiger partial charge on any atom is -0.384 e. The molecule has 120 valence electrons. The highest BCUT2D eigenvalue weighted by Gasteiger charge is 2.06. The maximum Gasteiger partial charge on any atom is 0.248 e. The van der Waals surface area contributed by atoms with E-state index in [2.05, 4.69) is 12.2 Å². The van der Waals surface area contributed by atoms with Crippen LogP contribution in [0, 0.1) is 0 Å². The van der Waals surface area contributed by atoms with Crippen molar-refractivity contribution in [1.82, 2.24) is 5.32 Å². The molecule has 3 nitrogen and oxygen atoms in total. The lowest BCUT2D eigenvalue weighted by molar-refractivity contribution is -0.128. The van der Waals surface area contributed by atoms with Gasteiger partial charge in [0.2, 0.25) is 5.91 Å². The Morgan fingerprint density at radius 2 is 1.25 bits per heavy atom. The Bertz CT molecular complexity index is 217.